The van der Waals surface area contributed by atoms with E-state index in [1.807, 2.05) is 0 Å². The zero-order valence-corrected chi connectivity index (χ0v) is 12.3. The van der Waals surface area contributed by atoms with Crippen molar-refractivity contribution < 1.29 is 28.7 Å². The topological polar surface area (TPSA) is 120 Å². The summed E-state index contributed by atoms with van der Waals surface area (Å²) in [4.78, 5) is 47.7. The highest BCUT2D eigenvalue weighted by Gasteiger charge is 2.35. The van der Waals surface area contributed by atoms with Crippen LogP contribution in [0.4, 0.5) is 5.69 Å². The molecule has 0 radical (unpaired) electrons. The summed E-state index contributed by atoms with van der Waals surface area (Å²) in [6.45, 7) is -0.261. The Morgan fingerprint density at radius 1 is 1.12 bits per heavy atom. The molecule has 1 aromatic carbocycles. The number of hydrogen-bond donors (Lipinski definition) is 1. The van der Waals surface area contributed by atoms with Crippen LogP contribution in [0.3, 0.4) is 0 Å². The smallest absolute Gasteiger partial charge is 0.291 e. The molecule has 8 nitrogen and oxygen atoms in total. The van der Waals surface area contributed by atoms with E-state index in [0.29, 0.717) is 5.69 Å². The number of fused-ring (bicyclic) bond motifs is 1. The molecule has 1 aliphatic heterocycles. The lowest BCUT2D eigenvalue weighted by molar-refractivity contribution is -0.305. The molecule has 0 unspecified atom stereocenters. The van der Waals surface area contributed by atoms with E-state index >= 15 is 0 Å². The van der Waals surface area contributed by atoms with Crippen molar-refractivity contribution in [2.45, 2.75) is 6.42 Å². The number of carboxylic acids is 1. The fourth-order valence-electron chi connectivity index (χ4n) is 2.38. The second-order valence-electron chi connectivity index (χ2n) is 5.08. The van der Waals surface area contributed by atoms with E-state index in [1.54, 1.807) is 6.07 Å². The maximum atomic E-state index is 12.2. The number of carbonyl (C=O) groups is 4. The highest BCUT2D eigenvalue weighted by atomic mass is 16.4. The average molecular weight is 327 g/mol. The zero-order valence-electron chi connectivity index (χ0n) is 12.3. The zero-order chi connectivity index (χ0) is 17.3. The lowest BCUT2D eigenvalue weighted by Crippen LogP contribution is -2.34. The summed E-state index contributed by atoms with van der Waals surface area (Å²) >= 11 is 0. The van der Waals surface area contributed by atoms with Gasteiger partial charge in [-0.3, -0.25) is 19.3 Å². The lowest BCUT2D eigenvalue weighted by Gasteiger charge is -2.13. The monoisotopic (exact) mass is 327 g/mol. The van der Waals surface area contributed by atoms with Crippen LogP contribution in [0.25, 0.3) is 0 Å². The minimum absolute atomic E-state index is 0.105. The van der Waals surface area contributed by atoms with Crippen LogP contribution in [0.5, 0.6) is 0 Å². The maximum Gasteiger partial charge on any atom is 0.291 e. The third-order valence-corrected chi connectivity index (χ3v) is 3.51. The number of carboxylic acid groups (broad SMARTS) is 1. The van der Waals surface area contributed by atoms with Gasteiger partial charge in [-0.15, -0.1) is 0 Å². The summed E-state index contributed by atoms with van der Waals surface area (Å²) in [5.74, 6) is -2.91. The quantitative estimate of drug-likeness (QED) is 0.787. The van der Waals surface area contributed by atoms with E-state index in [4.69, 9.17) is 4.42 Å². The summed E-state index contributed by atoms with van der Waals surface area (Å²) in [5.41, 5.74) is 0.586. The van der Waals surface area contributed by atoms with Gasteiger partial charge in [-0.1, -0.05) is 0 Å². The highest BCUT2D eigenvalue weighted by Crippen LogP contribution is 2.26. The first-order valence-corrected chi connectivity index (χ1v) is 7.02. The van der Waals surface area contributed by atoms with Crippen molar-refractivity contribution in [3.05, 3.63) is 53.5 Å². The van der Waals surface area contributed by atoms with E-state index in [-0.39, 0.29) is 23.4 Å². The van der Waals surface area contributed by atoms with E-state index in [9.17, 15) is 24.3 Å². The maximum absolute atomic E-state index is 12.2. The summed E-state index contributed by atoms with van der Waals surface area (Å²) in [6, 6.07) is 7.31. The summed E-state index contributed by atoms with van der Waals surface area (Å²) in [7, 11) is 0. The Hall–Kier alpha value is -3.42. The molecule has 0 aliphatic carbocycles. The first kappa shape index (κ1) is 15.5. The molecule has 1 aromatic heterocycles. The Kier molecular flexibility index (Phi) is 3.87. The van der Waals surface area contributed by atoms with Crippen molar-refractivity contribution in [2.75, 3.05) is 11.9 Å². The second kappa shape index (κ2) is 5.99. The first-order chi connectivity index (χ1) is 11.5. The molecule has 0 saturated heterocycles. The van der Waals surface area contributed by atoms with Crippen LogP contribution in [0.15, 0.2) is 41.0 Å². The van der Waals surface area contributed by atoms with Crippen molar-refractivity contribution >= 4 is 29.4 Å². The van der Waals surface area contributed by atoms with E-state index < -0.39 is 30.1 Å². The largest absolute Gasteiger partial charge is 0.550 e. The van der Waals surface area contributed by atoms with E-state index in [2.05, 4.69) is 5.32 Å². The fraction of sp³-hybridized carbons (Fsp3) is 0.125. The van der Waals surface area contributed by atoms with Gasteiger partial charge in [0, 0.05) is 24.6 Å². The number of benzene rings is 1. The van der Waals surface area contributed by atoms with Crippen LogP contribution in [-0.2, 0) is 4.79 Å². The van der Waals surface area contributed by atoms with Crippen molar-refractivity contribution in [2.24, 2.45) is 0 Å². The van der Waals surface area contributed by atoms with Gasteiger partial charge in [-0.2, -0.15) is 0 Å². The van der Waals surface area contributed by atoms with Gasteiger partial charge in [0.15, 0.2) is 5.76 Å². The number of hydrogen-bond acceptors (Lipinski definition) is 6. The molecule has 0 bridgehead atoms. The van der Waals surface area contributed by atoms with Gasteiger partial charge in [0.2, 0.25) is 0 Å². The fourth-order valence-corrected chi connectivity index (χ4v) is 2.38. The molecular weight excluding hydrogens is 316 g/mol. The molecule has 0 atom stereocenters. The SMILES string of the molecule is O=C([O-])CCN1C(=O)c2ccc(NC(=O)c3ccco3)cc2C1=O. The third-order valence-electron chi connectivity index (χ3n) is 3.51. The highest BCUT2D eigenvalue weighted by molar-refractivity contribution is 6.22. The summed E-state index contributed by atoms with van der Waals surface area (Å²) in [5, 5.41) is 13.1. The van der Waals surface area contributed by atoms with Gasteiger partial charge in [0.1, 0.15) is 0 Å². The summed E-state index contributed by atoms with van der Waals surface area (Å²) in [6.07, 6.45) is 0.919. The molecule has 3 amide bonds. The Morgan fingerprint density at radius 3 is 2.54 bits per heavy atom. The predicted molar refractivity (Wildman–Crippen MR) is 78.1 cm³/mol. The number of imide groups is 1. The Balaban J connectivity index is 1.80. The predicted octanol–water partition coefficient (Wildman–Crippen LogP) is 0.268. The van der Waals surface area contributed by atoms with Gasteiger partial charge in [-0.25, -0.2) is 0 Å². The van der Waals surface area contributed by atoms with Crippen molar-refractivity contribution in [3.63, 3.8) is 0 Å². The summed E-state index contributed by atoms with van der Waals surface area (Å²) < 4.78 is 4.97. The number of nitrogens with one attached hydrogen (secondary N) is 1. The molecular formula is C16H11N2O6-. The first-order valence-electron chi connectivity index (χ1n) is 7.02. The van der Waals surface area contributed by atoms with Gasteiger partial charge in [0.25, 0.3) is 17.7 Å². The third kappa shape index (κ3) is 2.76. The van der Waals surface area contributed by atoms with E-state index in [0.717, 1.165) is 4.90 Å². The Labute approximate surface area is 135 Å². The molecule has 122 valence electrons. The van der Waals surface area contributed by atoms with Crippen LogP contribution < -0.4 is 10.4 Å². The number of aliphatic carboxylic acids is 1. The standard InChI is InChI=1S/C16H12N2O6/c19-13(20)5-6-18-15(22)10-4-3-9(8-11(10)16(18)23)17-14(21)12-2-1-7-24-12/h1-4,7-8H,5-6H2,(H,17,21)(H,19,20)/p-1. The molecule has 3 rings (SSSR count). The molecule has 0 saturated carbocycles. The van der Waals surface area contributed by atoms with Gasteiger partial charge < -0.3 is 19.6 Å². The van der Waals surface area contributed by atoms with Crippen LogP contribution >= 0.6 is 0 Å². The number of amides is 3. The number of nitrogens with zero attached hydrogens (tertiary/aromatic N) is 1. The number of furan rings is 1. The van der Waals surface area contributed by atoms with Crippen molar-refractivity contribution in [3.8, 4) is 0 Å². The number of anilines is 1. The van der Waals surface area contributed by atoms with Crippen LogP contribution in [0.2, 0.25) is 0 Å². The minimum Gasteiger partial charge on any atom is -0.550 e. The Morgan fingerprint density at radius 2 is 1.88 bits per heavy atom. The lowest BCUT2D eigenvalue weighted by atomic mass is 10.1. The van der Waals surface area contributed by atoms with Gasteiger partial charge in [0.05, 0.1) is 17.4 Å². The molecule has 1 N–H and O–H groups in total. The van der Waals surface area contributed by atoms with Gasteiger partial charge >= 0.3 is 0 Å². The number of carbonyl (C=O) groups excluding carboxylic acids is 4. The van der Waals surface area contributed by atoms with Crippen LogP contribution in [0.1, 0.15) is 37.7 Å². The molecule has 0 spiro atoms. The van der Waals surface area contributed by atoms with Crippen molar-refractivity contribution in [1.29, 1.82) is 0 Å². The number of rotatable bonds is 5. The van der Waals surface area contributed by atoms with Gasteiger partial charge in [-0.05, 0) is 30.3 Å². The van der Waals surface area contributed by atoms with E-state index in [1.165, 1.54) is 30.5 Å². The Bertz CT molecular complexity index is 840. The molecule has 1 aliphatic rings. The molecule has 2 heterocycles. The van der Waals surface area contributed by atoms with Crippen LogP contribution in [-0.4, -0.2) is 35.1 Å². The molecule has 24 heavy (non-hydrogen) atoms. The van der Waals surface area contributed by atoms with Crippen molar-refractivity contribution in [1.82, 2.24) is 4.90 Å². The van der Waals surface area contributed by atoms with Crippen LogP contribution in [0, 0.1) is 0 Å². The molecule has 0 fully saturated rings. The average Bonchev–Trinajstić information content (AvgIpc) is 3.15. The normalized spacial score (nSPS) is 13.1. The second-order valence-corrected chi connectivity index (χ2v) is 5.08. The molecule has 8 heteroatoms. The minimum atomic E-state index is -1.35. The molecule has 2 aromatic rings.